The standard InChI is InChI=1S/C14H7Cl2N3/c15-11-3-2-10(8-18)14(6-11)19-13-4-1-9(7-17)5-12(13)16/h1-6,19H. The van der Waals surface area contributed by atoms with Crippen molar-refractivity contribution in [2.75, 3.05) is 5.32 Å². The van der Waals surface area contributed by atoms with Crippen LogP contribution in [0.4, 0.5) is 11.4 Å². The van der Waals surface area contributed by atoms with Gasteiger partial charge in [-0.3, -0.25) is 0 Å². The Bertz CT molecular complexity index is 712. The molecule has 0 spiro atoms. The van der Waals surface area contributed by atoms with Gasteiger partial charge in [-0.1, -0.05) is 23.2 Å². The molecule has 0 amide bonds. The molecule has 1 N–H and O–H groups in total. The quantitative estimate of drug-likeness (QED) is 0.886. The highest BCUT2D eigenvalue weighted by Crippen LogP contribution is 2.29. The molecular formula is C14H7Cl2N3. The van der Waals surface area contributed by atoms with Gasteiger partial charge >= 0.3 is 0 Å². The summed E-state index contributed by atoms with van der Waals surface area (Å²) in [6.45, 7) is 0. The van der Waals surface area contributed by atoms with Crippen molar-refractivity contribution in [1.29, 1.82) is 10.5 Å². The minimum Gasteiger partial charge on any atom is -0.353 e. The highest BCUT2D eigenvalue weighted by atomic mass is 35.5. The number of nitrogens with zero attached hydrogens (tertiary/aromatic N) is 2. The van der Waals surface area contributed by atoms with E-state index in [9.17, 15) is 0 Å². The molecule has 0 aliphatic carbocycles. The van der Waals surface area contributed by atoms with Crippen LogP contribution >= 0.6 is 23.2 Å². The fourth-order valence-corrected chi connectivity index (χ4v) is 1.95. The van der Waals surface area contributed by atoms with E-state index in [1.54, 1.807) is 36.4 Å². The number of nitrogens with one attached hydrogen (secondary N) is 1. The molecule has 0 atom stereocenters. The van der Waals surface area contributed by atoms with Gasteiger partial charge in [0.25, 0.3) is 0 Å². The second kappa shape index (κ2) is 5.63. The molecule has 5 heteroatoms. The lowest BCUT2D eigenvalue weighted by Crippen LogP contribution is -1.94. The van der Waals surface area contributed by atoms with Crippen LogP contribution in [0, 0.1) is 22.7 Å². The molecular weight excluding hydrogens is 281 g/mol. The van der Waals surface area contributed by atoms with Gasteiger partial charge in [-0.15, -0.1) is 0 Å². The number of hydrogen-bond donors (Lipinski definition) is 1. The zero-order chi connectivity index (χ0) is 13.8. The van der Waals surface area contributed by atoms with Crippen molar-refractivity contribution in [2.45, 2.75) is 0 Å². The number of halogens is 2. The van der Waals surface area contributed by atoms with Crippen LogP contribution in [0.2, 0.25) is 10.0 Å². The molecule has 19 heavy (non-hydrogen) atoms. The van der Waals surface area contributed by atoms with E-state index in [0.717, 1.165) is 0 Å². The van der Waals surface area contributed by atoms with E-state index < -0.39 is 0 Å². The van der Waals surface area contributed by atoms with Crippen molar-refractivity contribution in [3.63, 3.8) is 0 Å². The molecule has 0 heterocycles. The number of benzene rings is 2. The van der Waals surface area contributed by atoms with Crippen LogP contribution in [0.1, 0.15) is 11.1 Å². The molecule has 2 aromatic carbocycles. The number of hydrogen-bond acceptors (Lipinski definition) is 3. The van der Waals surface area contributed by atoms with Crippen LogP contribution in [0.5, 0.6) is 0 Å². The Morgan fingerprint density at radius 1 is 0.895 bits per heavy atom. The van der Waals surface area contributed by atoms with Crippen molar-refractivity contribution >= 4 is 34.6 Å². The van der Waals surface area contributed by atoms with Crippen LogP contribution in [0.3, 0.4) is 0 Å². The first-order valence-electron chi connectivity index (χ1n) is 5.30. The van der Waals surface area contributed by atoms with Crippen molar-refractivity contribution < 1.29 is 0 Å². The predicted octanol–water partition coefficient (Wildman–Crippen LogP) is 4.48. The van der Waals surface area contributed by atoms with Gasteiger partial charge < -0.3 is 5.32 Å². The lowest BCUT2D eigenvalue weighted by atomic mass is 10.1. The van der Waals surface area contributed by atoms with Crippen LogP contribution in [0.15, 0.2) is 36.4 Å². The summed E-state index contributed by atoms with van der Waals surface area (Å²) >= 11 is 12.0. The zero-order valence-corrected chi connectivity index (χ0v) is 11.1. The Labute approximate surface area is 120 Å². The van der Waals surface area contributed by atoms with E-state index in [1.807, 2.05) is 6.07 Å². The Balaban J connectivity index is 2.40. The largest absolute Gasteiger partial charge is 0.353 e. The summed E-state index contributed by atoms with van der Waals surface area (Å²) in [6, 6.07) is 13.9. The fourth-order valence-electron chi connectivity index (χ4n) is 1.55. The molecule has 0 radical (unpaired) electrons. The molecule has 2 rings (SSSR count). The molecule has 2 aromatic rings. The minimum atomic E-state index is 0.405. The van der Waals surface area contributed by atoms with E-state index in [1.165, 1.54) is 0 Å². The third kappa shape index (κ3) is 2.98. The number of rotatable bonds is 2. The van der Waals surface area contributed by atoms with Crippen LogP contribution in [-0.2, 0) is 0 Å². The summed E-state index contributed by atoms with van der Waals surface area (Å²) in [5.41, 5.74) is 2.12. The summed E-state index contributed by atoms with van der Waals surface area (Å²) in [6.07, 6.45) is 0. The maximum absolute atomic E-state index is 9.03. The predicted molar refractivity (Wildman–Crippen MR) is 75.6 cm³/mol. The first-order valence-corrected chi connectivity index (χ1v) is 6.06. The molecule has 0 saturated carbocycles. The van der Waals surface area contributed by atoms with Gasteiger partial charge in [0.15, 0.2) is 0 Å². The molecule has 0 saturated heterocycles. The van der Waals surface area contributed by atoms with E-state index in [-0.39, 0.29) is 0 Å². The maximum Gasteiger partial charge on any atom is 0.101 e. The van der Waals surface area contributed by atoms with E-state index >= 15 is 0 Å². The third-order valence-corrected chi connectivity index (χ3v) is 3.02. The van der Waals surface area contributed by atoms with E-state index in [4.69, 9.17) is 33.7 Å². The second-order valence-corrected chi connectivity index (χ2v) is 4.58. The summed E-state index contributed by atoms with van der Waals surface area (Å²) < 4.78 is 0. The van der Waals surface area contributed by atoms with Crippen molar-refractivity contribution in [2.24, 2.45) is 0 Å². The molecule has 0 aliphatic rings. The smallest absolute Gasteiger partial charge is 0.101 e. The average molecular weight is 288 g/mol. The molecule has 0 fully saturated rings. The topological polar surface area (TPSA) is 59.6 Å². The highest BCUT2D eigenvalue weighted by molar-refractivity contribution is 6.33. The Morgan fingerprint density at radius 3 is 2.32 bits per heavy atom. The van der Waals surface area contributed by atoms with Gasteiger partial charge in [0.2, 0.25) is 0 Å². The van der Waals surface area contributed by atoms with Gasteiger partial charge in [-0.25, -0.2) is 0 Å². The highest BCUT2D eigenvalue weighted by Gasteiger charge is 2.06. The lowest BCUT2D eigenvalue weighted by Gasteiger charge is -2.10. The van der Waals surface area contributed by atoms with Crippen molar-refractivity contribution in [1.82, 2.24) is 0 Å². The first kappa shape index (κ1) is 13.2. The Hall–Kier alpha value is -2.20. The summed E-state index contributed by atoms with van der Waals surface area (Å²) in [5.74, 6) is 0. The summed E-state index contributed by atoms with van der Waals surface area (Å²) in [4.78, 5) is 0. The first-order chi connectivity index (χ1) is 9.13. The molecule has 0 aromatic heterocycles. The molecule has 0 aliphatic heterocycles. The van der Waals surface area contributed by atoms with Crippen LogP contribution in [0.25, 0.3) is 0 Å². The van der Waals surface area contributed by atoms with E-state index in [0.29, 0.717) is 32.5 Å². The zero-order valence-electron chi connectivity index (χ0n) is 9.61. The van der Waals surface area contributed by atoms with Crippen molar-refractivity contribution in [3.8, 4) is 12.1 Å². The fraction of sp³-hybridized carbons (Fsp3) is 0. The van der Waals surface area contributed by atoms with Gasteiger partial charge in [-0.2, -0.15) is 10.5 Å². The van der Waals surface area contributed by atoms with Gasteiger partial charge in [-0.05, 0) is 36.4 Å². The second-order valence-electron chi connectivity index (χ2n) is 3.73. The van der Waals surface area contributed by atoms with E-state index in [2.05, 4.69) is 11.4 Å². The van der Waals surface area contributed by atoms with Gasteiger partial charge in [0.05, 0.1) is 33.6 Å². The van der Waals surface area contributed by atoms with Gasteiger partial charge in [0.1, 0.15) is 6.07 Å². The Morgan fingerprint density at radius 2 is 1.68 bits per heavy atom. The van der Waals surface area contributed by atoms with Crippen LogP contribution < -0.4 is 5.32 Å². The normalized spacial score (nSPS) is 9.47. The monoisotopic (exact) mass is 287 g/mol. The lowest BCUT2D eigenvalue weighted by molar-refractivity contribution is 1.45. The minimum absolute atomic E-state index is 0.405. The Kier molecular flexibility index (Phi) is 3.92. The summed E-state index contributed by atoms with van der Waals surface area (Å²) in [7, 11) is 0. The SMILES string of the molecule is N#Cc1ccc(Nc2cc(Cl)ccc2C#N)c(Cl)c1. The molecule has 0 bridgehead atoms. The third-order valence-electron chi connectivity index (χ3n) is 2.47. The maximum atomic E-state index is 9.03. The molecule has 3 nitrogen and oxygen atoms in total. The van der Waals surface area contributed by atoms with Crippen molar-refractivity contribution in [3.05, 3.63) is 57.6 Å². The van der Waals surface area contributed by atoms with Gasteiger partial charge in [0, 0.05) is 5.02 Å². The average Bonchev–Trinajstić information content (AvgIpc) is 2.41. The number of nitriles is 2. The summed E-state index contributed by atoms with van der Waals surface area (Å²) in [5, 5.41) is 21.8. The van der Waals surface area contributed by atoms with Crippen LogP contribution in [-0.4, -0.2) is 0 Å². The number of anilines is 2. The molecule has 92 valence electrons. The molecule has 0 unspecified atom stereocenters.